The minimum atomic E-state index is -3.14. The van der Waals surface area contributed by atoms with Crippen molar-refractivity contribution < 1.29 is 13.2 Å². The number of rotatable bonds is 7. The van der Waals surface area contributed by atoms with Gasteiger partial charge in [0.05, 0.1) is 5.25 Å². The maximum atomic E-state index is 11.8. The smallest absolute Gasteiger partial charge is 0.214 e. The molecule has 0 aromatic rings. The quantitative estimate of drug-likeness (QED) is 0.628. The maximum absolute atomic E-state index is 11.8. The fourth-order valence-corrected chi connectivity index (χ4v) is 3.12. The van der Waals surface area contributed by atoms with Crippen LogP contribution in [-0.2, 0) is 14.8 Å². The molecule has 5 nitrogen and oxygen atoms in total. The van der Waals surface area contributed by atoms with Gasteiger partial charge in [-0.3, -0.25) is 0 Å². The van der Waals surface area contributed by atoms with E-state index >= 15 is 0 Å². The Kier molecular flexibility index (Phi) is 6.26. The van der Waals surface area contributed by atoms with E-state index in [0.717, 1.165) is 13.0 Å². The summed E-state index contributed by atoms with van der Waals surface area (Å²) in [5.74, 6) is 0. The van der Waals surface area contributed by atoms with Crippen LogP contribution in [-0.4, -0.2) is 46.5 Å². The van der Waals surface area contributed by atoms with Crippen molar-refractivity contribution in [3.63, 3.8) is 0 Å². The third-order valence-electron chi connectivity index (χ3n) is 2.64. The third kappa shape index (κ3) is 4.78. The fourth-order valence-electron chi connectivity index (χ4n) is 1.69. The lowest BCUT2D eigenvalue weighted by molar-refractivity contribution is 0.0981. The standard InChI is InChI=1S/C10H22N2O3S/c1-2-5-11-6-7-12-16(13,14)10-3-8-15-9-4-10/h10-12H,2-9H2,1H3. The lowest BCUT2D eigenvalue weighted by Gasteiger charge is -2.22. The monoisotopic (exact) mass is 250 g/mol. The van der Waals surface area contributed by atoms with Crippen LogP contribution in [0.25, 0.3) is 0 Å². The lowest BCUT2D eigenvalue weighted by atomic mass is 10.2. The SMILES string of the molecule is CCCNCCNS(=O)(=O)C1CCOCC1. The predicted molar refractivity (Wildman–Crippen MR) is 63.9 cm³/mol. The Balaban J connectivity index is 2.22. The molecule has 0 unspecified atom stereocenters. The molecule has 1 aliphatic heterocycles. The Labute approximate surface area is 98.0 Å². The van der Waals surface area contributed by atoms with Crippen LogP contribution in [0.15, 0.2) is 0 Å². The summed E-state index contributed by atoms with van der Waals surface area (Å²) in [7, 11) is -3.14. The van der Waals surface area contributed by atoms with Gasteiger partial charge >= 0.3 is 0 Å². The van der Waals surface area contributed by atoms with Crippen LogP contribution in [0.5, 0.6) is 0 Å². The van der Waals surface area contributed by atoms with Crippen LogP contribution >= 0.6 is 0 Å². The topological polar surface area (TPSA) is 67.4 Å². The minimum absolute atomic E-state index is 0.271. The first-order valence-electron chi connectivity index (χ1n) is 5.93. The average Bonchev–Trinajstić information content (AvgIpc) is 2.30. The Bertz CT molecular complexity index is 274. The van der Waals surface area contributed by atoms with E-state index in [-0.39, 0.29) is 5.25 Å². The van der Waals surface area contributed by atoms with Crippen molar-refractivity contribution in [3.8, 4) is 0 Å². The largest absolute Gasteiger partial charge is 0.381 e. The molecule has 0 aliphatic carbocycles. The first kappa shape index (κ1) is 13.9. The van der Waals surface area contributed by atoms with Crippen LogP contribution in [0.3, 0.4) is 0 Å². The molecule has 1 rings (SSSR count). The van der Waals surface area contributed by atoms with E-state index in [4.69, 9.17) is 4.74 Å². The summed E-state index contributed by atoms with van der Waals surface area (Å²) in [5, 5.41) is 2.89. The van der Waals surface area contributed by atoms with Crippen LogP contribution in [0.2, 0.25) is 0 Å². The molecule has 0 radical (unpaired) electrons. The summed E-state index contributed by atoms with van der Waals surface area (Å²) < 4.78 is 31.4. The molecular weight excluding hydrogens is 228 g/mol. The van der Waals surface area contributed by atoms with Crippen LogP contribution in [0.1, 0.15) is 26.2 Å². The Morgan fingerprint density at radius 2 is 1.88 bits per heavy atom. The number of sulfonamides is 1. The summed E-state index contributed by atoms with van der Waals surface area (Å²) in [6, 6.07) is 0. The molecule has 2 N–H and O–H groups in total. The molecule has 0 saturated carbocycles. The number of ether oxygens (including phenoxy) is 1. The molecule has 1 heterocycles. The summed E-state index contributed by atoms with van der Waals surface area (Å²) in [4.78, 5) is 0. The second-order valence-electron chi connectivity index (χ2n) is 4.00. The molecule has 1 fully saturated rings. The van der Waals surface area contributed by atoms with Crippen molar-refractivity contribution in [2.75, 3.05) is 32.8 Å². The van der Waals surface area contributed by atoms with E-state index < -0.39 is 10.0 Å². The van der Waals surface area contributed by atoms with Crippen molar-refractivity contribution in [3.05, 3.63) is 0 Å². The summed E-state index contributed by atoms with van der Waals surface area (Å²) in [5.41, 5.74) is 0. The van der Waals surface area contributed by atoms with Gasteiger partial charge in [-0.2, -0.15) is 0 Å². The maximum Gasteiger partial charge on any atom is 0.214 e. The van der Waals surface area contributed by atoms with Crippen molar-refractivity contribution in [2.24, 2.45) is 0 Å². The Hall–Kier alpha value is -0.170. The number of hydrogen-bond acceptors (Lipinski definition) is 4. The van der Waals surface area contributed by atoms with Gasteiger partial charge < -0.3 is 10.1 Å². The zero-order valence-electron chi connectivity index (χ0n) is 9.87. The summed E-state index contributed by atoms with van der Waals surface area (Å²) >= 11 is 0. The second-order valence-corrected chi connectivity index (χ2v) is 6.05. The van der Waals surface area contributed by atoms with Gasteiger partial charge in [0, 0.05) is 26.3 Å². The van der Waals surface area contributed by atoms with Gasteiger partial charge in [0.25, 0.3) is 0 Å². The zero-order valence-corrected chi connectivity index (χ0v) is 10.7. The van der Waals surface area contributed by atoms with Gasteiger partial charge in [-0.15, -0.1) is 0 Å². The van der Waals surface area contributed by atoms with Crippen molar-refractivity contribution in [1.29, 1.82) is 0 Å². The highest BCUT2D eigenvalue weighted by atomic mass is 32.2. The van der Waals surface area contributed by atoms with Crippen molar-refractivity contribution >= 4 is 10.0 Å². The number of hydrogen-bond donors (Lipinski definition) is 2. The van der Waals surface area contributed by atoms with Crippen LogP contribution in [0, 0.1) is 0 Å². The number of nitrogens with one attached hydrogen (secondary N) is 2. The molecule has 0 aromatic carbocycles. The molecular formula is C10H22N2O3S. The zero-order chi connectivity index (χ0) is 11.9. The van der Waals surface area contributed by atoms with Gasteiger partial charge in [0.1, 0.15) is 0 Å². The molecule has 0 bridgehead atoms. The third-order valence-corrected chi connectivity index (χ3v) is 4.59. The predicted octanol–water partition coefficient (Wildman–Crippen LogP) is 0.0844. The fraction of sp³-hybridized carbons (Fsp3) is 1.00. The highest BCUT2D eigenvalue weighted by molar-refractivity contribution is 7.90. The Morgan fingerprint density at radius 1 is 1.19 bits per heavy atom. The highest BCUT2D eigenvalue weighted by Gasteiger charge is 2.26. The molecule has 6 heteroatoms. The van der Waals surface area contributed by atoms with E-state index in [1.165, 1.54) is 0 Å². The van der Waals surface area contributed by atoms with Gasteiger partial charge in [0.15, 0.2) is 0 Å². The summed E-state index contributed by atoms with van der Waals surface area (Å²) in [6.07, 6.45) is 2.28. The molecule has 0 spiro atoms. The van der Waals surface area contributed by atoms with E-state index in [9.17, 15) is 8.42 Å². The summed E-state index contributed by atoms with van der Waals surface area (Å²) in [6.45, 7) is 5.29. The first-order chi connectivity index (χ1) is 7.67. The Morgan fingerprint density at radius 3 is 2.50 bits per heavy atom. The van der Waals surface area contributed by atoms with Gasteiger partial charge in [-0.1, -0.05) is 6.92 Å². The van der Waals surface area contributed by atoms with E-state index in [2.05, 4.69) is 17.0 Å². The molecule has 1 aliphatic rings. The molecule has 96 valence electrons. The van der Waals surface area contributed by atoms with E-state index in [0.29, 0.717) is 39.1 Å². The van der Waals surface area contributed by atoms with Crippen molar-refractivity contribution in [2.45, 2.75) is 31.4 Å². The van der Waals surface area contributed by atoms with E-state index in [1.807, 2.05) is 0 Å². The molecule has 0 atom stereocenters. The van der Waals surface area contributed by atoms with E-state index in [1.54, 1.807) is 0 Å². The molecule has 16 heavy (non-hydrogen) atoms. The molecule has 0 amide bonds. The average molecular weight is 250 g/mol. The van der Waals surface area contributed by atoms with Gasteiger partial charge in [-0.05, 0) is 25.8 Å². The van der Waals surface area contributed by atoms with Crippen LogP contribution < -0.4 is 10.0 Å². The highest BCUT2D eigenvalue weighted by Crippen LogP contribution is 2.14. The lowest BCUT2D eigenvalue weighted by Crippen LogP contribution is -2.40. The second kappa shape index (κ2) is 7.21. The van der Waals surface area contributed by atoms with Crippen molar-refractivity contribution in [1.82, 2.24) is 10.0 Å². The molecule has 0 aromatic heterocycles. The van der Waals surface area contributed by atoms with Gasteiger partial charge in [0.2, 0.25) is 10.0 Å². The normalized spacial score (nSPS) is 18.8. The van der Waals surface area contributed by atoms with Gasteiger partial charge in [-0.25, -0.2) is 13.1 Å². The van der Waals surface area contributed by atoms with Crippen LogP contribution in [0.4, 0.5) is 0 Å². The molecule has 1 saturated heterocycles. The first-order valence-corrected chi connectivity index (χ1v) is 7.48. The minimum Gasteiger partial charge on any atom is -0.381 e.